The summed E-state index contributed by atoms with van der Waals surface area (Å²) in [6.45, 7) is 4.49. The largest absolute Gasteiger partial charge is 0.0767 e. The average molecular weight is 121 g/mol. The van der Waals surface area contributed by atoms with Crippen LogP contribution in [0.5, 0.6) is 0 Å². The number of hydrogen-bond donors (Lipinski definition) is 0. The topological polar surface area (TPSA) is 0 Å². The smallest absolute Gasteiger partial charge is 0.00495 e. The van der Waals surface area contributed by atoms with E-state index >= 15 is 0 Å². The fourth-order valence-electron chi connectivity index (χ4n) is 1.01. The van der Waals surface area contributed by atoms with Crippen LogP contribution in [0.15, 0.2) is 18.2 Å². The molecule has 0 heterocycles. The first-order valence-corrected chi connectivity index (χ1v) is 3.60. The minimum Gasteiger partial charge on any atom is -0.0767 e. The van der Waals surface area contributed by atoms with Crippen molar-refractivity contribution in [3.05, 3.63) is 24.3 Å². The van der Waals surface area contributed by atoms with Crippen molar-refractivity contribution in [3.8, 4) is 0 Å². The molecular weight excluding hydrogens is 108 g/mol. The van der Waals surface area contributed by atoms with Crippen LogP contribution in [-0.4, -0.2) is 0 Å². The first-order valence-electron chi connectivity index (χ1n) is 3.60. The molecule has 9 heavy (non-hydrogen) atoms. The lowest BCUT2D eigenvalue weighted by molar-refractivity contribution is 0.478. The van der Waals surface area contributed by atoms with Crippen LogP contribution in [0.2, 0.25) is 0 Å². The molecule has 2 atom stereocenters. The van der Waals surface area contributed by atoms with Crippen molar-refractivity contribution >= 4 is 0 Å². The van der Waals surface area contributed by atoms with Crippen molar-refractivity contribution in [3.63, 3.8) is 0 Å². The van der Waals surface area contributed by atoms with Crippen LogP contribution < -0.4 is 0 Å². The maximum atomic E-state index is 3.27. The Morgan fingerprint density at radius 3 is 2.89 bits per heavy atom. The van der Waals surface area contributed by atoms with Gasteiger partial charge in [-0.3, -0.25) is 0 Å². The van der Waals surface area contributed by atoms with Gasteiger partial charge in [-0.1, -0.05) is 38.5 Å². The van der Waals surface area contributed by atoms with E-state index in [4.69, 9.17) is 0 Å². The van der Waals surface area contributed by atoms with Gasteiger partial charge in [-0.25, -0.2) is 0 Å². The third-order valence-electron chi connectivity index (χ3n) is 1.96. The number of hydrogen-bond acceptors (Lipinski definition) is 0. The van der Waals surface area contributed by atoms with Crippen LogP contribution in [0, 0.1) is 17.9 Å². The molecule has 1 rings (SSSR count). The summed E-state index contributed by atoms with van der Waals surface area (Å²) in [6.07, 6.45) is 10.8. The van der Waals surface area contributed by atoms with Gasteiger partial charge in [0.05, 0.1) is 0 Å². The quantitative estimate of drug-likeness (QED) is 0.526. The lowest BCUT2D eigenvalue weighted by atomic mass is 9.94. The van der Waals surface area contributed by atoms with Gasteiger partial charge in [0, 0.05) is 5.92 Å². The van der Waals surface area contributed by atoms with E-state index in [2.05, 4.69) is 32.1 Å². The second-order valence-corrected chi connectivity index (χ2v) is 2.63. The molecule has 0 amide bonds. The summed E-state index contributed by atoms with van der Waals surface area (Å²) >= 11 is 0. The van der Waals surface area contributed by atoms with Crippen LogP contribution in [0.3, 0.4) is 0 Å². The lowest BCUT2D eigenvalue weighted by Crippen LogP contribution is -2.03. The molecule has 0 N–H and O–H groups in total. The Morgan fingerprint density at radius 1 is 1.67 bits per heavy atom. The first kappa shape index (κ1) is 6.60. The van der Waals surface area contributed by atoms with E-state index < -0.39 is 0 Å². The van der Waals surface area contributed by atoms with E-state index in [9.17, 15) is 0 Å². The molecule has 0 bridgehead atoms. The van der Waals surface area contributed by atoms with Gasteiger partial charge in [-0.05, 0) is 12.0 Å². The maximum absolute atomic E-state index is 3.27. The van der Waals surface area contributed by atoms with Gasteiger partial charge >= 0.3 is 0 Å². The molecule has 49 valence electrons. The van der Waals surface area contributed by atoms with Gasteiger partial charge in [0.15, 0.2) is 0 Å². The summed E-state index contributed by atoms with van der Waals surface area (Å²) in [6, 6.07) is 0. The zero-order valence-electron chi connectivity index (χ0n) is 6.09. The fourth-order valence-corrected chi connectivity index (χ4v) is 1.01. The van der Waals surface area contributed by atoms with E-state index in [0.717, 1.165) is 5.92 Å². The van der Waals surface area contributed by atoms with Crippen molar-refractivity contribution in [1.82, 2.24) is 0 Å². The molecular formula is C9H13. The summed E-state index contributed by atoms with van der Waals surface area (Å²) in [4.78, 5) is 0. The van der Waals surface area contributed by atoms with Crippen LogP contribution in [0.4, 0.5) is 0 Å². The van der Waals surface area contributed by atoms with Gasteiger partial charge in [0.2, 0.25) is 0 Å². The predicted octanol–water partition coefficient (Wildman–Crippen LogP) is 2.58. The van der Waals surface area contributed by atoms with Crippen molar-refractivity contribution in [2.45, 2.75) is 20.3 Å². The molecule has 0 aromatic carbocycles. The van der Waals surface area contributed by atoms with Gasteiger partial charge in [0.1, 0.15) is 0 Å². The van der Waals surface area contributed by atoms with Gasteiger partial charge in [-0.2, -0.15) is 0 Å². The van der Waals surface area contributed by atoms with Crippen LogP contribution in [0.25, 0.3) is 0 Å². The standard InChI is InChI=1S/C9H13/c1-3-8(2)9-6-4-5-7-9/h4-6,8-9H,3H2,1-2H3. The Morgan fingerprint density at radius 2 is 2.44 bits per heavy atom. The second kappa shape index (κ2) is 2.86. The maximum Gasteiger partial charge on any atom is 0.00495 e. The first-order chi connectivity index (χ1) is 4.34. The molecule has 0 spiro atoms. The lowest BCUT2D eigenvalue weighted by Gasteiger charge is -2.11. The second-order valence-electron chi connectivity index (χ2n) is 2.63. The zero-order chi connectivity index (χ0) is 6.69. The van der Waals surface area contributed by atoms with Crippen molar-refractivity contribution in [2.75, 3.05) is 0 Å². The SMILES string of the molecule is CCC(C)C1[C]=CC=C1. The van der Waals surface area contributed by atoms with Crippen molar-refractivity contribution < 1.29 is 0 Å². The Hall–Kier alpha value is -0.520. The molecule has 0 fully saturated rings. The summed E-state index contributed by atoms with van der Waals surface area (Å²) < 4.78 is 0. The van der Waals surface area contributed by atoms with Crippen LogP contribution >= 0.6 is 0 Å². The summed E-state index contributed by atoms with van der Waals surface area (Å²) in [7, 11) is 0. The highest BCUT2D eigenvalue weighted by molar-refractivity contribution is 5.13. The Labute approximate surface area is 57.3 Å². The molecule has 1 aliphatic carbocycles. The molecule has 2 unspecified atom stereocenters. The highest BCUT2D eigenvalue weighted by atomic mass is 14.1. The molecule has 0 nitrogen and oxygen atoms in total. The van der Waals surface area contributed by atoms with Gasteiger partial charge in [-0.15, -0.1) is 0 Å². The third-order valence-corrected chi connectivity index (χ3v) is 1.96. The molecule has 0 aliphatic heterocycles. The molecule has 1 radical (unpaired) electrons. The molecule has 0 saturated heterocycles. The summed E-state index contributed by atoms with van der Waals surface area (Å²) in [5.74, 6) is 1.36. The van der Waals surface area contributed by atoms with E-state index in [0.29, 0.717) is 5.92 Å². The predicted molar refractivity (Wildman–Crippen MR) is 39.9 cm³/mol. The van der Waals surface area contributed by atoms with Gasteiger partial charge < -0.3 is 0 Å². The Bertz CT molecular complexity index is 119. The zero-order valence-corrected chi connectivity index (χ0v) is 6.09. The molecule has 1 aliphatic rings. The van der Waals surface area contributed by atoms with Gasteiger partial charge in [0.25, 0.3) is 0 Å². The number of rotatable bonds is 2. The highest BCUT2D eigenvalue weighted by Gasteiger charge is 2.10. The van der Waals surface area contributed by atoms with Crippen LogP contribution in [-0.2, 0) is 0 Å². The minimum atomic E-state index is 0.593. The average Bonchev–Trinajstić information content (AvgIpc) is 2.37. The monoisotopic (exact) mass is 121 g/mol. The number of allylic oxidation sites excluding steroid dienone is 4. The van der Waals surface area contributed by atoms with E-state index in [1.54, 1.807) is 0 Å². The van der Waals surface area contributed by atoms with E-state index in [1.807, 2.05) is 6.08 Å². The van der Waals surface area contributed by atoms with E-state index in [1.165, 1.54) is 6.42 Å². The van der Waals surface area contributed by atoms with E-state index in [-0.39, 0.29) is 0 Å². The molecule has 0 saturated carbocycles. The van der Waals surface area contributed by atoms with Crippen molar-refractivity contribution in [2.24, 2.45) is 11.8 Å². The Kier molecular flexibility index (Phi) is 2.10. The Balaban J connectivity index is 2.43. The fraction of sp³-hybridized carbons (Fsp3) is 0.556. The summed E-state index contributed by atoms with van der Waals surface area (Å²) in [5.41, 5.74) is 0. The molecule has 0 aromatic rings. The van der Waals surface area contributed by atoms with Crippen LogP contribution in [0.1, 0.15) is 20.3 Å². The highest BCUT2D eigenvalue weighted by Crippen LogP contribution is 2.20. The van der Waals surface area contributed by atoms with Crippen molar-refractivity contribution in [1.29, 1.82) is 0 Å². The molecule has 0 heteroatoms. The molecule has 0 aromatic heterocycles. The summed E-state index contributed by atoms with van der Waals surface area (Å²) in [5, 5.41) is 0. The third kappa shape index (κ3) is 1.44. The minimum absolute atomic E-state index is 0.593. The normalized spacial score (nSPS) is 21.1.